The van der Waals surface area contributed by atoms with Crippen LogP contribution < -0.4 is 19.6 Å². The molecule has 2 aromatic carbocycles. The van der Waals surface area contributed by atoms with Gasteiger partial charge in [-0.1, -0.05) is 24.9 Å². The minimum absolute atomic E-state index is 0.146. The number of halogens is 1. The van der Waals surface area contributed by atoms with E-state index >= 15 is 0 Å². The zero-order chi connectivity index (χ0) is 19.5. The first-order valence-electron chi connectivity index (χ1n) is 8.63. The monoisotopic (exact) mass is 390 g/mol. The third-order valence-corrected chi connectivity index (χ3v) is 3.78. The number of rotatable bonds is 10. The fraction of sp³-hybridized carbons (Fsp3) is 0.300. The van der Waals surface area contributed by atoms with Gasteiger partial charge in [-0.3, -0.25) is 4.79 Å². The number of ether oxygens (including phenoxy) is 3. The third-order valence-electron chi connectivity index (χ3n) is 3.53. The van der Waals surface area contributed by atoms with E-state index in [0.29, 0.717) is 28.9 Å². The fourth-order valence-electron chi connectivity index (χ4n) is 2.10. The average Bonchev–Trinajstić information content (AvgIpc) is 2.68. The molecule has 0 aromatic heterocycles. The zero-order valence-electron chi connectivity index (χ0n) is 15.4. The van der Waals surface area contributed by atoms with Crippen molar-refractivity contribution in [3.8, 4) is 17.2 Å². The Morgan fingerprint density at radius 3 is 2.63 bits per heavy atom. The van der Waals surface area contributed by atoms with Crippen LogP contribution in [0.15, 0.2) is 47.6 Å². The highest BCUT2D eigenvalue weighted by Crippen LogP contribution is 2.27. The van der Waals surface area contributed by atoms with Crippen molar-refractivity contribution in [1.82, 2.24) is 5.43 Å². The van der Waals surface area contributed by atoms with Gasteiger partial charge in [-0.25, -0.2) is 5.43 Å². The summed E-state index contributed by atoms with van der Waals surface area (Å²) in [5.74, 6) is 1.49. The second-order valence-electron chi connectivity index (χ2n) is 5.65. The summed E-state index contributed by atoms with van der Waals surface area (Å²) in [6.45, 7) is 2.60. The molecule has 0 atom stereocenters. The smallest absolute Gasteiger partial charge is 0.277 e. The molecule has 0 heterocycles. The number of nitrogens with zero attached hydrogens (tertiary/aromatic N) is 1. The van der Waals surface area contributed by atoms with E-state index in [4.69, 9.17) is 25.8 Å². The Hall–Kier alpha value is -2.73. The molecule has 0 aliphatic carbocycles. The van der Waals surface area contributed by atoms with E-state index in [0.717, 1.165) is 18.4 Å². The lowest BCUT2D eigenvalue weighted by molar-refractivity contribution is -0.123. The number of hydrogen-bond donors (Lipinski definition) is 1. The minimum atomic E-state index is -0.368. The van der Waals surface area contributed by atoms with E-state index in [2.05, 4.69) is 17.5 Å². The molecule has 2 aromatic rings. The maximum Gasteiger partial charge on any atom is 0.277 e. The Morgan fingerprint density at radius 1 is 1.15 bits per heavy atom. The molecule has 27 heavy (non-hydrogen) atoms. The second kappa shape index (κ2) is 11.1. The summed E-state index contributed by atoms with van der Waals surface area (Å²) < 4.78 is 16.4. The lowest BCUT2D eigenvalue weighted by atomic mass is 10.2. The average molecular weight is 391 g/mol. The van der Waals surface area contributed by atoms with E-state index < -0.39 is 0 Å². The lowest BCUT2D eigenvalue weighted by Gasteiger charge is -2.10. The molecule has 144 valence electrons. The number of benzene rings is 2. The molecule has 0 aliphatic rings. The fourth-order valence-corrected chi connectivity index (χ4v) is 2.23. The number of nitrogens with one attached hydrogen (secondary N) is 1. The number of amides is 1. The number of unbranched alkanes of at least 4 members (excludes halogenated alkanes) is 1. The van der Waals surface area contributed by atoms with Crippen molar-refractivity contribution in [2.24, 2.45) is 5.10 Å². The van der Waals surface area contributed by atoms with Crippen molar-refractivity contribution in [3.05, 3.63) is 53.1 Å². The summed E-state index contributed by atoms with van der Waals surface area (Å²) in [6, 6.07) is 12.2. The number of hydrazone groups is 1. The summed E-state index contributed by atoms with van der Waals surface area (Å²) in [4.78, 5) is 11.8. The van der Waals surface area contributed by atoms with Crippen LogP contribution in [-0.4, -0.2) is 32.4 Å². The first-order valence-corrected chi connectivity index (χ1v) is 9.01. The van der Waals surface area contributed by atoms with Crippen LogP contribution in [-0.2, 0) is 4.79 Å². The predicted molar refractivity (Wildman–Crippen MR) is 106 cm³/mol. The summed E-state index contributed by atoms with van der Waals surface area (Å²) in [5, 5.41) is 4.53. The largest absolute Gasteiger partial charge is 0.493 e. The van der Waals surface area contributed by atoms with Gasteiger partial charge >= 0.3 is 0 Å². The Balaban J connectivity index is 1.83. The van der Waals surface area contributed by atoms with Crippen LogP contribution in [0.4, 0.5) is 0 Å². The molecule has 0 unspecified atom stereocenters. The Morgan fingerprint density at radius 2 is 1.93 bits per heavy atom. The van der Waals surface area contributed by atoms with Crippen LogP contribution in [0.2, 0.25) is 5.02 Å². The number of hydrogen-bond acceptors (Lipinski definition) is 5. The molecule has 7 heteroatoms. The van der Waals surface area contributed by atoms with Crippen LogP contribution >= 0.6 is 11.6 Å². The minimum Gasteiger partial charge on any atom is -0.493 e. The highest BCUT2D eigenvalue weighted by molar-refractivity contribution is 6.30. The van der Waals surface area contributed by atoms with Crippen molar-refractivity contribution >= 4 is 23.7 Å². The summed E-state index contributed by atoms with van der Waals surface area (Å²) in [7, 11) is 1.58. The molecule has 0 saturated heterocycles. The lowest BCUT2D eigenvalue weighted by Crippen LogP contribution is -2.24. The molecule has 0 aliphatic heterocycles. The maximum atomic E-state index is 11.8. The molecule has 6 nitrogen and oxygen atoms in total. The van der Waals surface area contributed by atoms with Crippen molar-refractivity contribution in [1.29, 1.82) is 0 Å². The summed E-state index contributed by atoms with van der Waals surface area (Å²) in [6.07, 6.45) is 3.57. The molecular weight excluding hydrogens is 368 g/mol. The first-order chi connectivity index (χ1) is 13.1. The van der Waals surface area contributed by atoms with Gasteiger partial charge in [0.1, 0.15) is 5.75 Å². The first kappa shape index (κ1) is 20.6. The van der Waals surface area contributed by atoms with Gasteiger partial charge in [0.05, 0.1) is 19.9 Å². The molecule has 0 fully saturated rings. The van der Waals surface area contributed by atoms with E-state index in [1.165, 1.54) is 6.21 Å². The van der Waals surface area contributed by atoms with E-state index in [9.17, 15) is 4.79 Å². The Labute approximate surface area is 164 Å². The van der Waals surface area contributed by atoms with Gasteiger partial charge in [0.2, 0.25) is 0 Å². The van der Waals surface area contributed by atoms with Crippen molar-refractivity contribution in [2.75, 3.05) is 20.3 Å². The second-order valence-corrected chi connectivity index (χ2v) is 6.08. The van der Waals surface area contributed by atoms with Gasteiger partial charge in [-0.2, -0.15) is 5.10 Å². The molecule has 0 radical (unpaired) electrons. The highest BCUT2D eigenvalue weighted by atomic mass is 35.5. The summed E-state index contributed by atoms with van der Waals surface area (Å²) >= 11 is 5.79. The van der Waals surface area contributed by atoms with E-state index in [1.54, 1.807) is 37.4 Å². The van der Waals surface area contributed by atoms with Gasteiger partial charge < -0.3 is 14.2 Å². The number of carbonyl (C=O) groups excluding carboxylic acids is 1. The van der Waals surface area contributed by atoms with E-state index in [-0.39, 0.29) is 12.5 Å². The van der Waals surface area contributed by atoms with Gasteiger partial charge in [0.25, 0.3) is 5.91 Å². The zero-order valence-corrected chi connectivity index (χ0v) is 16.2. The van der Waals surface area contributed by atoms with Crippen LogP contribution in [0.25, 0.3) is 0 Å². The quantitative estimate of drug-likeness (QED) is 0.377. The summed E-state index contributed by atoms with van der Waals surface area (Å²) in [5.41, 5.74) is 3.19. The van der Waals surface area contributed by atoms with Crippen LogP contribution in [0, 0.1) is 0 Å². The molecular formula is C20H23ClN2O4. The molecule has 2 rings (SSSR count). The Kier molecular flexibility index (Phi) is 8.45. The van der Waals surface area contributed by atoms with Crippen molar-refractivity contribution in [2.45, 2.75) is 19.8 Å². The predicted octanol–water partition coefficient (Wildman–Crippen LogP) is 4.06. The van der Waals surface area contributed by atoms with Gasteiger partial charge in [0.15, 0.2) is 18.1 Å². The van der Waals surface area contributed by atoms with Crippen LogP contribution in [0.1, 0.15) is 25.3 Å². The number of carbonyl (C=O) groups is 1. The van der Waals surface area contributed by atoms with E-state index in [1.807, 2.05) is 12.1 Å². The van der Waals surface area contributed by atoms with Gasteiger partial charge in [-0.15, -0.1) is 0 Å². The molecule has 0 saturated carbocycles. The molecule has 0 bridgehead atoms. The standard InChI is InChI=1S/C20H23ClN2O4/c1-3-4-11-26-18-10-5-15(12-19(18)25-2)13-22-23-20(24)14-27-17-8-6-16(21)7-9-17/h5-10,12-13H,3-4,11,14H2,1-2H3,(H,23,24)/b22-13+. The van der Waals surface area contributed by atoms with Crippen LogP contribution in [0.5, 0.6) is 17.2 Å². The molecule has 0 spiro atoms. The normalized spacial score (nSPS) is 10.6. The molecule has 1 N–H and O–H groups in total. The maximum absolute atomic E-state index is 11.8. The number of methoxy groups -OCH3 is 1. The van der Waals surface area contributed by atoms with Crippen LogP contribution in [0.3, 0.4) is 0 Å². The Bertz CT molecular complexity index is 763. The highest BCUT2D eigenvalue weighted by Gasteiger charge is 2.05. The van der Waals surface area contributed by atoms with Crippen molar-refractivity contribution < 1.29 is 19.0 Å². The van der Waals surface area contributed by atoms with Gasteiger partial charge in [-0.05, 0) is 54.4 Å². The topological polar surface area (TPSA) is 69.2 Å². The van der Waals surface area contributed by atoms with Crippen molar-refractivity contribution in [3.63, 3.8) is 0 Å². The SMILES string of the molecule is CCCCOc1ccc(/C=N/NC(=O)COc2ccc(Cl)cc2)cc1OC. The van der Waals surface area contributed by atoms with Gasteiger partial charge in [0, 0.05) is 5.02 Å². The molecule has 1 amide bonds. The third kappa shape index (κ3) is 7.19.